The van der Waals surface area contributed by atoms with Gasteiger partial charge in [0.25, 0.3) is 0 Å². The lowest BCUT2D eigenvalue weighted by atomic mass is 10.2. The van der Waals surface area contributed by atoms with Gasteiger partial charge in [-0.25, -0.2) is 4.39 Å². The first-order valence-electron chi connectivity index (χ1n) is 3.81. The lowest BCUT2D eigenvalue weighted by Gasteiger charge is -1.91. The molecule has 0 aromatic rings. The van der Waals surface area contributed by atoms with E-state index < -0.39 is 0 Å². The second-order valence-electron chi connectivity index (χ2n) is 2.86. The Morgan fingerprint density at radius 1 is 1.25 bits per heavy atom. The van der Waals surface area contributed by atoms with Crippen LogP contribution in [-0.2, 0) is 0 Å². The fraction of sp³-hybridized carbons (Fsp3) is 0.455. The summed E-state index contributed by atoms with van der Waals surface area (Å²) in [6.45, 7) is 8.93. The third-order valence-electron chi connectivity index (χ3n) is 0.893. The average molecular weight is 168 g/mol. The van der Waals surface area contributed by atoms with E-state index in [4.69, 9.17) is 0 Å². The molecule has 0 amide bonds. The van der Waals surface area contributed by atoms with Crippen molar-refractivity contribution in [2.45, 2.75) is 34.6 Å². The predicted molar refractivity (Wildman–Crippen MR) is 53.4 cm³/mol. The first-order chi connectivity index (χ1) is 5.45. The van der Waals surface area contributed by atoms with Gasteiger partial charge >= 0.3 is 0 Å². The molecule has 1 heteroatoms. The van der Waals surface area contributed by atoms with Crippen LogP contribution >= 0.6 is 0 Å². The quantitative estimate of drug-likeness (QED) is 0.412. The summed E-state index contributed by atoms with van der Waals surface area (Å²) in [4.78, 5) is 0. The molecule has 0 nitrogen and oxygen atoms in total. The summed E-state index contributed by atoms with van der Waals surface area (Å²) in [5.74, 6) is 2.13. The highest BCUT2D eigenvalue weighted by Crippen LogP contribution is 2.08. The molecule has 0 aliphatic carbocycles. The summed E-state index contributed by atoms with van der Waals surface area (Å²) in [6.07, 6.45) is 6.13. The summed E-state index contributed by atoms with van der Waals surface area (Å²) >= 11 is 0. The normalized spacial score (nSPS) is 7.08. The van der Waals surface area contributed by atoms with E-state index in [-0.39, 0.29) is 5.83 Å². The molecule has 0 N–H and O–H groups in total. The first kappa shape index (κ1) is 13.6. The zero-order valence-corrected chi connectivity index (χ0v) is 8.53. The van der Waals surface area contributed by atoms with Crippen molar-refractivity contribution in [2.75, 3.05) is 0 Å². The number of allylic oxidation sites excluding steroid dienone is 4. The van der Waals surface area contributed by atoms with Gasteiger partial charge in [-0.2, -0.15) is 0 Å². The highest BCUT2D eigenvalue weighted by molar-refractivity contribution is 5.19. The Kier molecular flexibility index (Phi) is 9.11. The molecule has 0 bridgehead atoms. The second-order valence-corrected chi connectivity index (χ2v) is 2.86. The third-order valence-corrected chi connectivity index (χ3v) is 0.893. The molecule has 68 valence electrons. The third kappa shape index (κ3) is 11.7. The van der Waals surface area contributed by atoms with Gasteiger partial charge in [-0.3, -0.25) is 0 Å². The standard InChI is InChI=1S/C8H13F.C3H4/c1-6(2)5-8(9)7(3)4;1-3-2/h5H,1-4H3;1H,2H3. The smallest absolute Gasteiger partial charge is 0.121 e. The minimum atomic E-state index is -0.116. The number of hydrogen-bond donors (Lipinski definition) is 0. The Hall–Kier alpha value is -1.03. The molecular formula is C11H17F. The van der Waals surface area contributed by atoms with Gasteiger partial charge in [0.1, 0.15) is 5.83 Å². The van der Waals surface area contributed by atoms with E-state index in [2.05, 4.69) is 12.3 Å². The van der Waals surface area contributed by atoms with Crippen LogP contribution in [0, 0.1) is 12.3 Å². The highest BCUT2D eigenvalue weighted by atomic mass is 19.1. The van der Waals surface area contributed by atoms with E-state index >= 15 is 0 Å². The first-order valence-corrected chi connectivity index (χ1v) is 3.81. The van der Waals surface area contributed by atoms with Gasteiger partial charge in [-0.15, -0.1) is 12.3 Å². The van der Waals surface area contributed by atoms with Crippen molar-refractivity contribution >= 4 is 0 Å². The fourth-order valence-electron chi connectivity index (χ4n) is 0.398. The molecule has 0 radical (unpaired) electrons. The zero-order valence-electron chi connectivity index (χ0n) is 8.53. The van der Waals surface area contributed by atoms with Crippen LogP contribution in [-0.4, -0.2) is 0 Å². The van der Waals surface area contributed by atoms with Gasteiger partial charge in [0.15, 0.2) is 0 Å². The maximum atomic E-state index is 12.6. The Balaban J connectivity index is 0. The molecule has 12 heavy (non-hydrogen) atoms. The van der Waals surface area contributed by atoms with E-state index in [1.807, 2.05) is 13.8 Å². The lowest BCUT2D eigenvalue weighted by Crippen LogP contribution is -1.72. The maximum absolute atomic E-state index is 12.6. The summed E-state index contributed by atoms with van der Waals surface area (Å²) in [7, 11) is 0. The minimum Gasteiger partial charge on any atom is -0.207 e. The van der Waals surface area contributed by atoms with Gasteiger partial charge in [-0.1, -0.05) is 5.57 Å². The number of halogens is 1. The Bertz CT molecular complexity index is 206. The topological polar surface area (TPSA) is 0 Å². The maximum Gasteiger partial charge on any atom is 0.121 e. The van der Waals surface area contributed by atoms with E-state index in [0.717, 1.165) is 11.1 Å². The summed E-state index contributed by atoms with van der Waals surface area (Å²) in [5, 5.41) is 0. The van der Waals surface area contributed by atoms with Crippen molar-refractivity contribution in [3.63, 3.8) is 0 Å². The molecule has 0 aromatic carbocycles. The van der Waals surface area contributed by atoms with Gasteiger partial charge in [0.05, 0.1) is 0 Å². The van der Waals surface area contributed by atoms with Crippen molar-refractivity contribution in [1.82, 2.24) is 0 Å². The Morgan fingerprint density at radius 2 is 1.58 bits per heavy atom. The van der Waals surface area contributed by atoms with Crippen molar-refractivity contribution in [3.8, 4) is 12.3 Å². The number of hydrogen-bond acceptors (Lipinski definition) is 0. The monoisotopic (exact) mass is 168 g/mol. The predicted octanol–water partition coefficient (Wildman–Crippen LogP) is 3.86. The van der Waals surface area contributed by atoms with Crippen LogP contribution in [0.4, 0.5) is 4.39 Å². The lowest BCUT2D eigenvalue weighted by molar-refractivity contribution is 0.652. The Morgan fingerprint density at radius 3 is 1.67 bits per heavy atom. The van der Waals surface area contributed by atoms with Gasteiger partial charge in [0.2, 0.25) is 0 Å². The number of terminal acetylenes is 1. The van der Waals surface area contributed by atoms with Crippen LogP contribution in [0.15, 0.2) is 23.0 Å². The van der Waals surface area contributed by atoms with E-state index in [9.17, 15) is 4.39 Å². The minimum absolute atomic E-state index is 0.116. The second kappa shape index (κ2) is 8.07. The molecule has 0 fully saturated rings. The summed E-state index contributed by atoms with van der Waals surface area (Å²) in [5.41, 5.74) is 1.73. The van der Waals surface area contributed by atoms with Crippen LogP contribution in [0.3, 0.4) is 0 Å². The molecule has 0 aliphatic rings. The molecule has 0 unspecified atom stereocenters. The molecule has 0 aromatic heterocycles. The van der Waals surface area contributed by atoms with Crippen molar-refractivity contribution in [3.05, 3.63) is 23.0 Å². The molecule has 0 aliphatic heterocycles. The van der Waals surface area contributed by atoms with E-state index in [1.54, 1.807) is 20.8 Å². The van der Waals surface area contributed by atoms with E-state index in [1.165, 1.54) is 6.08 Å². The van der Waals surface area contributed by atoms with Crippen molar-refractivity contribution < 1.29 is 4.39 Å². The zero-order chi connectivity index (χ0) is 10.1. The van der Waals surface area contributed by atoms with Crippen LogP contribution in [0.5, 0.6) is 0 Å². The Labute approximate surface area is 75.2 Å². The molecule has 0 saturated heterocycles. The SMILES string of the molecule is C#CC.CC(C)=CC(F)=C(C)C. The molecular weight excluding hydrogens is 151 g/mol. The largest absolute Gasteiger partial charge is 0.207 e. The van der Waals surface area contributed by atoms with E-state index in [0.29, 0.717) is 0 Å². The summed E-state index contributed by atoms with van der Waals surface area (Å²) < 4.78 is 12.6. The van der Waals surface area contributed by atoms with Crippen LogP contribution in [0.1, 0.15) is 34.6 Å². The number of rotatable bonds is 1. The molecule has 0 rings (SSSR count). The van der Waals surface area contributed by atoms with Crippen molar-refractivity contribution in [2.24, 2.45) is 0 Å². The van der Waals surface area contributed by atoms with Crippen molar-refractivity contribution in [1.29, 1.82) is 0 Å². The van der Waals surface area contributed by atoms with Crippen LogP contribution in [0.25, 0.3) is 0 Å². The molecule has 0 saturated carbocycles. The molecule has 0 heterocycles. The van der Waals surface area contributed by atoms with Gasteiger partial charge in [0, 0.05) is 0 Å². The van der Waals surface area contributed by atoms with Crippen LogP contribution < -0.4 is 0 Å². The van der Waals surface area contributed by atoms with Gasteiger partial charge < -0.3 is 0 Å². The fourth-order valence-corrected chi connectivity index (χ4v) is 0.398. The summed E-state index contributed by atoms with van der Waals surface area (Å²) in [6, 6.07) is 0. The van der Waals surface area contributed by atoms with Gasteiger partial charge in [-0.05, 0) is 46.3 Å². The molecule has 0 atom stereocenters. The average Bonchev–Trinajstić information content (AvgIpc) is 1.87. The van der Waals surface area contributed by atoms with Crippen LogP contribution in [0.2, 0.25) is 0 Å². The highest BCUT2D eigenvalue weighted by Gasteiger charge is 1.89. The molecule has 0 spiro atoms.